The van der Waals surface area contributed by atoms with Gasteiger partial charge in [-0.3, -0.25) is 9.69 Å². The number of hydrogen-bond donors (Lipinski definition) is 2. The van der Waals surface area contributed by atoms with Crippen molar-refractivity contribution in [1.82, 2.24) is 9.88 Å². The number of aryl methyl sites for hydroxylation is 2. The normalized spacial score (nSPS) is 24.8. The van der Waals surface area contributed by atoms with Crippen LogP contribution in [0.25, 0.3) is 0 Å². The van der Waals surface area contributed by atoms with Crippen molar-refractivity contribution in [2.45, 2.75) is 76.0 Å². The van der Waals surface area contributed by atoms with Gasteiger partial charge < -0.3 is 19.9 Å². The zero-order chi connectivity index (χ0) is 26.1. The summed E-state index contributed by atoms with van der Waals surface area (Å²) < 4.78 is 26.6. The number of hydrogen-bond acceptors (Lipinski definition) is 6. The number of fused-ring (bicyclic) bond motifs is 1. The Morgan fingerprint density at radius 3 is 3.00 bits per heavy atom. The fourth-order valence-electron chi connectivity index (χ4n) is 6.37. The molecule has 2 N–H and O–H groups in total. The van der Waals surface area contributed by atoms with Gasteiger partial charge in [0.25, 0.3) is 0 Å². The van der Waals surface area contributed by atoms with Gasteiger partial charge in [0.15, 0.2) is 0 Å². The molecule has 204 valence electrons. The Balaban J connectivity index is 1.02. The lowest BCUT2D eigenvalue weighted by Crippen LogP contribution is -2.34. The topological polar surface area (TPSA) is 83.9 Å². The van der Waals surface area contributed by atoms with Crippen LogP contribution in [0.1, 0.15) is 79.5 Å². The molecule has 0 radical (unpaired) electrons. The van der Waals surface area contributed by atoms with E-state index in [1.807, 2.05) is 4.90 Å². The van der Waals surface area contributed by atoms with Gasteiger partial charge in [-0.25, -0.2) is 9.37 Å². The van der Waals surface area contributed by atoms with Crippen molar-refractivity contribution in [3.05, 3.63) is 58.5 Å². The van der Waals surface area contributed by atoms with Gasteiger partial charge in [0.1, 0.15) is 17.7 Å². The summed E-state index contributed by atoms with van der Waals surface area (Å²) in [7, 11) is 0. The van der Waals surface area contributed by atoms with E-state index in [2.05, 4.69) is 17.4 Å². The molecule has 1 saturated carbocycles. The van der Waals surface area contributed by atoms with Crippen molar-refractivity contribution in [3.8, 4) is 0 Å². The number of unbranched alkanes of at least 4 members (excludes halogenated alkanes) is 1. The van der Waals surface area contributed by atoms with Crippen molar-refractivity contribution in [2.75, 3.05) is 38.2 Å². The zero-order valence-electron chi connectivity index (χ0n) is 22.0. The number of carbonyl (C=O) groups is 1. The summed E-state index contributed by atoms with van der Waals surface area (Å²) in [6, 6.07) is 7.97. The molecular formula is C30H38FN3O4. The number of carboxylic acid groups (broad SMARTS) is 1. The van der Waals surface area contributed by atoms with Crippen LogP contribution in [-0.2, 0) is 27.1 Å². The summed E-state index contributed by atoms with van der Waals surface area (Å²) in [6.07, 6.45) is 8.91. The largest absolute Gasteiger partial charge is 0.480 e. The quantitative estimate of drug-likeness (QED) is 0.421. The molecule has 7 nitrogen and oxygen atoms in total. The van der Waals surface area contributed by atoms with E-state index in [9.17, 15) is 14.3 Å². The van der Waals surface area contributed by atoms with E-state index in [-0.39, 0.29) is 17.6 Å². The van der Waals surface area contributed by atoms with Crippen LogP contribution in [0, 0.1) is 11.2 Å². The second-order valence-corrected chi connectivity index (χ2v) is 11.6. The number of anilines is 1. The standard InChI is InChI=1S/C30H38FN3O4/c31-21-7-9-24(26-17-30(11-12-30)19-38-26)25(16-21)27(29(35)36)34-14-10-23(18-34)37-15-2-1-5-22-8-6-20-4-3-13-32-28(20)33-22/h6-9,16,23,26-27H,1-5,10-15,17-19H2,(H,32,33)(H,35,36). The molecule has 0 amide bonds. The first-order chi connectivity index (χ1) is 18.5. The van der Waals surface area contributed by atoms with Gasteiger partial charge in [-0.2, -0.15) is 0 Å². The number of rotatable bonds is 10. The highest BCUT2D eigenvalue weighted by molar-refractivity contribution is 5.76. The van der Waals surface area contributed by atoms with Crippen molar-refractivity contribution in [2.24, 2.45) is 5.41 Å². The van der Waals surface area contributed by atoms with Crippen molar-refractivity contribution >= 4 is 11.8 Å². The SMILES string of the molecule is O=C(O)C(c1cc(F)ccc1C1CC2(CC2)CO1)N1CCC(OCCCCc2ccc3c(n2)NCCC3)C1. The third kappa shape index (κ3) is 5.58. The van der Waals surface area contributed by atoms with Crippen LogP contribution in [0.4, 0.5) is 10.2 Å². The fourth-order valence-corrected chi connectivity index (χ4v) is 6.37. The summed E-state index contributed by atoms with van der Waals surface area (Å²) in [5.74, 6) is -0.328. The molecule has 3 aliphatic heterocycles. The fraction of sp³-hybridized carbons (Fsp3) is 0.600. The molecule has 8 heteroatoms. The lowest BCUT2D eigenvalue weighted by Gasteiger charge is -2.28. The Labute approximate surface area is 223 Å². The summed E-state index contributed by atoms with van der Waals surface area (Å²) in [5, 5.41) is 13.6. The van der Waals surface area contributed by atoms with Crippen LogP contribution in [0.5, 0.6) is 0 Å². The number of carboxylic acids is 1. The average molecular weight is 524 g/mol. The van der Waals surface area contributed by atoms with Crippen LogP contribution in [0.3, 0.4) is 0 Å². The number of likely N-dealkylation sites (tertiary alicyclic amines) is 1. The average Bonchev–Trinajstić information content (AvgIpc) is 3.30. The molecule has 2 aromatic rings. The molecular weight excluding hydrogens is 485 g/mol. The molecule has 0 bridgehead atoms. The van der Waals surface area contributed by atoms with Gasteiger partial charge in [0.05, 0.1) is 18.8 Å². The van der Waals surface area contributed by atoms with E-state index in [4.69, 9.17) is 14.5 Å². The number of nitrogens with one attached hydrogen (secondary N) is 1. The Kier molecular flexibility index (Phi) is 7.38. The maximum Gasteiger partial charge on any atom is 0.325 e. The summed E-state index contributed by atoms with van der Waals surface area (Å²) in [6.45, 7) is 3.49. The molecule has 6 rings (SSSR count). The Morgan fingerprint density at radius 2 is 2.18 bits per heavy atom. The minimum Gasteiger partial charge on any atom is -0.480 e. The lowest BCUT2D eigenvalue weighted by molar-refractivity contribution is -0.143. The van der Waals surface area contributed by atoms with E-state index in [1.165, 1.54) is 17.7 Å². The van der Waals surface area contributed by atoms with E-state index in [0.29, 0.717) is 31.9 Å². The highest BCUT2D eigenvalue weighted by Gasteiger charge is 2.50. The molecule has 3 atom stereocenters. The molecule has 3 unspecified atom stereocenters. The number of nitrogens with zero attached hydrogens (tertiary/aromatic N) is 2. The maximum absolute atomic E-state index is 14.3. The number of halogens is 1. The van der Waals surface area contributed by atoms with E-state index >= 15 is 0 Å². The van der Waals surface area contributed by atoms with E-state index in [1.54, 1.807) is 6.07 Å². The summed E-state index contributed by atoms with van der Waals surface area (Å²) >= 11 is 0. The van der Waals surface area contributed by atoms with Crippen LogP contribution in [0.15, 0.2) is 30.3 Å². The van der Waals surface area contributed by atoms with Gasteiger partial charge in [-0.15, -0.1) is 0 Å². The molecule has 1 spiro atoms. The molecule has 4 heterocycles. The Hall–Kier alpha value is -2.55. The Bertz CT molecular complexity index is 1170. The molecule has 4 aliphatic rings. The summed E-state index contributed by atoms with van der Waals surface area (Å²) in [4.78, 5) is 19.2. The predicted octanol–water partition coefficient (Wildman–Crippen LogP) is 5.06. The molecule has 2 saturated heterocycles. The predicted molar refractivity (Wildman–Crippen MR) is 142 cm³/mol. The highest BCUT2D eigenvalue weighted by Crippen LogP contribution is 2.58. The van der Waals surface area contributed by atoms with Crippen molar-refractivity contribution in [3.63, 3.8) is 0 Å². The number of pyridine rings is 1. The third-order valence-electron chi connectivity index (χ3n) is 8.76. The zero-order valence-corrected chi connectivity index (χ0v) is 22.0. The molecule has 38 heavy (non-hydrogen) atoms. The van der Waals surface area contributed by atoms with Gasteiger partial charge in [-0.05, 0) is 98.1 Å². The first kappa shape index (κ1) is 25.7. The van der Waals surface area contributed by atoms with Crippen molar-refractivity contribution in [1.29, 1.82) is 0 Å². The minimum atomic E-state index is -0.955. The number of aliphatic carboxylic acids is 1. The molecule has 1 aliphatic carbocycles. The van der Waals surface area contributed by atoms with Gasteiger partial charge >= 0.3 is 5.97 Å². The smallest absolute Gasteiger partial charge is 0.325 e. The van der Waals surface area contributed by atoms with E-state index in [0.717, 1.165) is 81.4 Å². The maximum atomic E-state index is 14.3. The second-order valence-electron chi connectivity index (χ2n) is 11.6. The van der Waals surface area contributed by atoms with Gasteiger partial charge in [0, 0.05) is 31.9 Å². The molecule has 1 aromatic heterocycles. The number of benzene rings is 1. The van der Waals surface area contributed by atoms with Crippen LogP contribution in [0.2, 0.25) is 0 Å². The van der Waals surface area contributed by atoms with Gasteiger partial charge in [0.2, 0.25) is 0 Å². The minimum absolute atomic E-state index is 0.0163. The monoisotopic (exact) mass is 523 g/mol. The highest BCUT2D eigenvalue weighted by atomic mass is 19.1. The first-order valence-corrected chi connectivity index (χ1v) is 14.2. The molecule has 3 fully saturated rings. The lowest BCUT2D eigenvalue weighted by atomic mass is 9.91. The van der Waals surface area contributed by atoms with E-state index < -0.39 is 17.8 Å². The van der Waals surface area contributed by atoms with Crippen molar-refractivity contribution < 1.29 is 23.8 Å². The molecule has 1 aromatic carbocycles. The summed E-state index contributed by atoms with van der Waals surface area (Å²) in [5.41, 5.74) is 4.01. The number of aromatic nitrogens is 1. The van der Waals surface area contributed by atoms with Crippen LogP contribution >= 0.6 is 0 Å². The Morgan fingerprint density at radius 1 is 1.29 bits per heavy atom. The third-order valence-corrected chi connectivity index (χ3v) is 8.76. The number of ether oxygens (including phenoxy) is 2. The second kappa shape index (κ2) is 10.9. The van der Waals surface area contributed by atoms with Gasteiger partial charge in [-0.1, -0.05) is 12.1 Å². The van der Waals surface area contributed by atoms with Crippen LogP contribution < -0.4 is 5.32 Å². The first-order valence-electron chi connectivity index (χ1n) is 14.2. The van der Waals surface area contributed by atoms with Crippen LogP contribution in [-0.4, -0.2) is 59.9 Å².